The van der Waals surface area contributed by atoms with Crippen LogP contribution >= 0.6 is 0 Å². The van der Waals surface area contributed by atoms with Crippen molar-refractivity contribution in [3.63, 3.8) is 0 Å². The first kappa shape index (κ1) is 25.3. The molecule has 0 spiro atoms. The van der Waals surface area contributed by atoms with Crippen molar-refractivity contribution in [2.24, 2.45) is 0 Å². The Morgan fingerprint density at radius 3 is 1.89 bits per heavy atom. The summed E-state index contributed by atoms with van der Waals surface area (Å²) in [4.78, 5) is 44.7. The number of aliphatic carboxylic acids is 1. The topological polar surface area (TPSA) is 90.4 Å². The number of carbonyl (C=O) groups is 3. The van der Waals surface area contributed by atoms with Crippen LogP contribution in [0.15, 0.2) is 91.0 Å². The van der Waals surface area contributed by atoms with Crippen LogP contribution in [0.25, 0.3) is 0 Å². The third-order valence-electron chi connectivity index (χ3n) is 7.40. The van der Waals surface area contributed by atoms with E-state index in [0.717, 1.165) is 5.56 Å². The minimum atomic E-state index is -1.21. The average molecular weight is 514 g/mol. The van der Waals surface area contributed by atoms with Crippen molar-refractivity contribution in [1.82, 2.24) is 9.80 Å². The van der Waals surface area contributed by atoms with Crippen LogP contribution in [-0.2, 0) is 15.1 Å². The van der Waals surface area contributed by atoms with Crippen LogP contribution in [-0.4, -0.2) is 57.7 Å². The van der Waals surface area contributed by atoms with E-state index >= 15 is 0 Å². The van der Waals surface area contributed by atoms with Crippen LogP contribution in [0.4, 0.5) is 21.0 Å². The highest BCUT2D eigenvalue weighted by atomic mass is 16.6. The number of likely N-dealkylation sites (tertiary alicyclic amines) is 1. The van der Waals surface area contributed by atoms with Gasteiger partial charge in [-0.2, -0.15) is 0 Å². The largest absolute Gasteiger partial charge is 0.480 e. The lowest BCUT2D eigenvalue weighted by Gasteiger charge is -2.46. The van der Waals surface area contributed by atoms with E-state index in [4.69, 9.17) is 4.74 Å². The zero-order valence-electron chi connectivity index (χ0n) is 21.4. The van der Waals surface area contributed by atoms with Gasteiger partial charge in [-0.3, -0.25) is 9.80 Å². The van der Waals surface area contributed by atoms with Crippen molar-refractivity contribution < 1.29 is 24.2 Å². The third-order valence-corrected chi connectivity index (χ3v) is 7.40. The number of piperazine rings is 1. The predicted octanol–water partition coefficient (Wildman–Crippen LogP) is 5.62. The van der Waals surface area contributed by atoms with Gasteiger partial charge in [0.1, 0.15) is 5.60 Å². The first-order valence-corrected chi connectivity index (χ1v) is 12.8. The summed E-state index contributed by atoms with van der Waals surface area (Å²) in [7, 11) is 0. The van der Waals surface area contributed by atoms with Crippen LogP contribution in [0.1, 0.15) is 32.3 Å². The predicted molar refractivity (Wildman–Crippen MR) is 143 cm³/mol. The number of urea groups is 1. The van der Waals surface area contributed by atoms with E-state index in [1.54, 1.807) is 4.90 Å². The lowest BCUT2D eigenvalue weighted by Crippen LogP contribution is -2.66. The number of fused-ring (bicyclic) bond motifs is 2. The number of carboxylic acids is 1. The molecular formula is C30H31N3O5. The standard InChI is InChI=1S/C30H31N3O5/c1-30(2,21-12-6-3-7-13-21)38-29(37)33-24-18-19-25(33)26(27(34)35)31(20-24)28(36)32(22-14-8-4-9-15-22)23-16-10-5-11-17-23/h3-17,24-26H,18-20H2,1-2H3,(H,34,35)/t24-,25+,26-/m0/s1. The van der Waals surface area contributed by atoms with Crippen LogP contribution in [0.3, 0.4) is 0 Å². The Morgan fingerprint density at radius 2 is 1.37 bits per heavy atom. The molecule has 2 bridgehead atoms. The van der Waals surface area contributed by atoms with Crippen LogP contribution < -0.4 is 4.90 Å². The molecule has 1 N–H and O–H groups in total. The van der Waals surface area contributed by atoms with E-state index in [-0.39, 0.29) is 12.6 Å². The zero-order chi connectivity index (χ0) is 26.9. The molecule has 38 heavy (non-hydrogen) atoms. The number of nitrogens with zero attached hydrogens (tertiary/aromatic N) is 3. The van der Waals surface area contributed by atoms with Gasteiger partial charge in [0.2, 0.25) is 0 Å². The molecule has 5 rings (SSSR count). The number of rotatable bonds is 5. The maximum Gasteiger partial charge on any atom is 0.411 e. The van der Waals surface area contributed by atoms with Crippen molar-refractivity contribution in [2.75, 3.05) is 11.4 Å². The molecule has 2 aliphatic heterocycles. The van der Waals surface area contributed by atoms with E-state index in [1.165, 1.54) is 9.80 Å². The lowest BCUT2D eigenvalue weighted by atomic mass is 9.98. The van der Waals surface area contributed by atoms with Crippen molar-refractivity contribution in [2.45, 2.75) is 50.4 Å². The molecule has 2 heterocycles. The number of anilines is 2. The number of para-hydroxylation sites is 2. The molecule has 3 amide bonds. The van der Waals surface area contributed by atoms with E-state index in [1.807, 2.05) is 105 Å². The molecule has 8 nitrogen and oxygen atoms in total. The maximum atomic E-state index is 14.1. The first-order chi connectivity index (χ1) is 18.3. The summed E-state index contributed by atoms with van der Waals surface area (Å²) >= 11 is 0. The number of amides is 3. The van der Waals surface area contributed by atoms with E-state index in [9.17, 15) is 19.5 Å². The fraction of sp³-hybridized carbons (Fsp3) is 0.300. The molecule has 2 fully saturated rings. The zero-order valence-corrected chi connectivity index (χ0v) is 21.4. The summed E-state index contributed by atoms with van der Waals surface area (Å²) in [6, 6.07) is 25.1. The highest BCUT2D eigenvalue weighted by Crippen LogP contribution is 2.38. The van der Waals surface area contributed by atoms with E-state index < -0.39 is 35.8 Å². The lowest BCUT2D eigenvalue weighted by molar-refractivity contribution is -0.146. The first-order valence-electron chi connectivity index (χ1n) is 12.8. The van der Waals surface area contributed by atoms with Gasteiger partial charge in [-0.1, -0.05) is 66.7 Å². The summed E-state index contributed by atoms with van der Waals surface area (Å²) in [6.07, 6.45) is 0.506. The highest BCUT2D eigenvalue weighted by molar-refractivity contribution is 6.01. The molecule has 0 aromatic heterocycles. The Bertz CT molecular complexity index is 1260. The second kappa shape index (κ2) is 10.2. The van der Waals surface area contributed by atoms with E-state index in [0.29, 0.717) is 24.2 Å². The fourth-order valence-corrected chi connectivity index (χ4v) is 5.55. The van der Waals surface area contributed by atoms with Gasteiger partial charge in [-0.05, 0) is 56.5 Å². The highest BCUT2D eigenvalue weighted by Gasteiger charge is 2.54. The maximum absolute atomic E-state index is 14.1. The summed E-state index contributed by atoms with van der Waals surface area (Å²) < 4.78 is 5.93. The SMILES string of the molecule is CC(C)(OC(=O)N1[C@H]2CC[C@@H]1[C@@H](C(=O)O)N(C(=O)N(c1ccccc1)c1ccccc1)C2)c1ccccc1. The normalized spacial score (nSPS) is 20.6. The van der Waals surface area contributed by atoms with Gasteiger partial charge in [0.15, 0.2) is 6.04 Å². The summed E-state index contributed by atoms with van der Waals surface area (Å²) in [5, 5.41) is 10.3. The van der Waals surface area contributed by atoms with Gasteiger partial charge in [0, 0.05) is 6.54 Å². The molecule has 0 aliphatic carbocycles. The fourth-order valence-electron chi connectivity index (χ4n) is 5.55. The smallest absolute Gasteiger partial charge is 0.411 e. The molecule has 0 saturated carbocycles. The Balaban J connectivity index is 1.44. The van der Waals surface area contributed by atoms with Crippen molar-refractivity contribution in [1.29, 1.82) is 0 Å². The Hall–Kier alpha value is -4.33. The second-order valence-electron chi connectivity index (χ2n) is 10.2. The Labute approximate surface area is 222 Å². The molecule has 196 valence electrons. The molecule has 2 aliphatic rings. The van der Waals surface area contributed by atoms with Gasteiger partial charge in [0.25, 0.3) is 0 Å². The molecule has 0 radical (unpaired) electrons. The molecule has 0 unspecified atom stereocenters. The number of benzene rings is 3. The van der Waals surface area contributed by atoms with Crippen molar-refractivity contribution in [3.8, 4) is 0 Å². The quantitative estimate of drug-likeness (QED) is 0.478. The Morgan fingerprint density at radius 1 is 0.842 bits per heavy atom. The summed E-state index contributed by atoms with van der Waals surface area (Å²) in [5.41, 5.74) is 1.20. The average Bonchev–Trinajstić information content (AvgIpc) is 3.23. The Kier molecular flexibility index (Phi) is 6.80. The molecule has 3 atom stereocenters. The molecule has 8 heteroatoms. The van der Waals surface area contributed by atoms with E-state index in [2.05, 4.69) is 0 Å². The van der Waals surface area contributed by atoms with Crippen LogP contribution in [0.5, 0.6) is 0 Å². The number of hydrogen-bond donors (Lipinski definition) is 1. The van der Waals surface area contributed by atoms with Gasteiger partial charge in [0.05, 0.1) is 23.5 Å². The van der Waals surface area contributed by atoms with Crippen molar-refractivity contribution >= 4 is 29.5 Å². The second-order valence-corrected chi connectivity index (χ2v) is 10.2. The monoisotopic (exact) mass is 513 g/mol. The molecule has 2 saturated heterocycles. The van der Waals surface area contributed by atoms with Gasteiger partial charge < -0.3 is 14.7 Å². The van der Waals surface area contributed by atoms with Gasteiger partial charge in [-0.25, -0.2) is 14.4 Å². The minimum absolute atomic E-state index is 0.101. The van der Waals surface area contributed by atoms with Crippen LogP contribution in [0.2, 0.25) is 0 Å². The van der Waals surface area contributed by atoms with Gasteiger partial charge >= 0.3 is 18.1 Å². The molecule has 3 aromatic rings. The number of hydrogen-bond acceptors (Lipinski definition) is 4. The molecule has 3 aromatic carbocycles. The summed E-state index contributed by atoms with van der Waals surface area (Å²) in [6.45, 7) is 3.73. The number of ether oxygens (including phenoxy) is 1. The number of carboxylic acid groups (broad SMARTS) is 1. The van der Waals surface area contributed by atoms with Gasteiger partial charge in [-0.15, -0.1) is 0 Å². The number of carbonyl (C=O) groups excluding carboxylic acids is 2. The summed E-state index contributed by atoms with van der Waals surface area (Å²) in [5.74, 6) is -1.15. The molecular weight excluding hydrogens is 482 g/mol. The van der Waals surface area contributed by atoms with Crippen LogP contribution in [0, 0.1) is 0 Å². The minimum Gasteiger partial charge on any atom is -0.480 e. The third kappa shape index (κ3) is 4.69. The van der Waals surface area contributed by atoms with Crippen molar-refractivity contribution in [3.05, 3.63) is 96.6 Å².